The molecule has 2 aromatic rings. The van der Waals surface area contributed by atoms with Crippen LogP contribution in [0.25, 0.3) is 5.65 Å². The summed E-state index contributed by atoms with van der Waals surface area (Å²) in [4.78, 5) is 9.47. The summed E-state index contributed by atoms with van der Waals surface area (Å²) in [5, 5.41) is 7.96. The highest BCUT2D eigenvalue weighted by molar-refractivity contribution is 5.47. The van der Waals surface area contributed by atoms with Gasteiger partial charge in [0, 0.05) is 51.5 Å². The van der Waals surface area contributed by atoms with Gasteiger partial charge < -0.3 is 10.2 Å². The minimum Gasteiger partial charge on any atom is -0.336 e. The van der Waals surface area contributed by atoms with Crippen LogP contribution >= 0.6 is 0 Å². The zero-order chi connectivity index (χ0) is 13.5. The minimum atomic E-state index is 0.672. The molecule has 4 rings (SSSR count). The van der Waals surface area contributed by atoms with E-state index < -0.39 is 0 Å². The largest absolute Gasteiger partial charge is 0.336 e. The fraction of sp³-hybridized carbons (Fsp3) is 0.571. The zero-order valence-electron chi connectivity index (χ0n) is 11.8. The number of aromatic nitrogens is 3. The summed E-state index contributed by atoms with van der Waals surface area (Å²) in [7, 11) is 0. The van der Waals surface area contributed by atoms with E-state index in [4.69, 9.17) is 0 Å². The Morgan fingerprint density at radius 3 is 2.85 bits per heavy atom. The molecule has 6 nitrogen and oxygen atoms in total. The molecule has 2 fully saturated rings. The van der Waals surface area contributed by atoms with Crippen molar-refractivity contribution >= 4 is 11.6 Å². The van der Waals surface area contributed by atoms with Gasteiger partial charge in [-0.05, 0) is 24.6 Å². The van der Waals surface area contributed by atoms with Gasteiger partial charge in [0.15, 0.2) is 5.65 Å². The molecule has 6 heteroatoms. The van der Waals surface area contributed by atoms with Gasteiger partial charge in [0.2, 0.25) is 5.95 Å². The topological polar surface area (TPSA) is 48.7 Å². The van der Waals surface area contributed by atoms with E-state index in [0.29, 0.717) is 6.04 Å². The average Bonchev–Trinajstić information content (AvgIpc) is 2.80. The third kappa shape index (κ3) is 2.05. The van der Waals surface area contributed by atoms with Crippen LogP contribution < -0.4 is 10.2 Å². The minimum absolute atomic E-state index is 0.672. The standard InChI is InChI=1S/C14H20N6/c1-11-2-5-20-13(8-11)16-14(17-20)19-9-12(10-19)18-6-3-15-4-7-18/h2,5,8,12,15H,3-4,6-7,9-10H2,1H3. The van der Waals surface area contributed by atoms with Gasteiger partial charge in [-0.25, -0.2) is 4.52 Å². The third-order valence-corrected chi connectivity index (χ3v) is 4.29. The number of nitrogens with zero attached hydrogens (tertiary/aromatic N) is 5. The molecule has 0 aliphatic carbocycles. The molecule has 20 heavy (non-hydrogen) atoms. The molecule has 106 valence electrons. The number of nitrogens with one attached hydrogen (secondary N) is 1. The van der Waals surface area contributed by atoms with E-state index in [-0.39, 0.29) is 0 Å². The van der Waals surface area contributed by atoms with Gasteiger partial charge in [-0.1, -0.05) is 0 Å². The van der Waals surface area contributed by atoms with E-state index in [1.54, 1.807) is 0 Å². The Morgan fingerprint density at radius 1 is 1.25 bits per heavy atom. The maximum absolute atomic E-state index is 4.62. The molecule has 0 saturated carbocycles. The summed E-state index contributed by atoms with van der Waals surface area (Å²) >= 11 is 0. The van der Waals surface area contributed by atoms with E-state index in [0.717, 1.165) is 50.9 Å². The summed E-state index contributed by atoms with van der Waals surface area (Å²) in [6, 6.07) is 4.81. The van der Waals surface area contributed by atoms with Crippen LogP contribution in [0.1, 0.15) is 5.56 Å². The van der Waals surface area contributed by atoms with Crippen molar-refractivity contribution < 1.29 is 0 Å². The van der Waals surface area contributed by atoms with Crippen molar-refractivity contribution in [1.29, 1.82) is 0 Å². The predicted octanol–water partition coefficient (Wildman–Crippen LogP) is 0.132. The van der Waals surface area contributed by atoms with Crippen molar-refractivity contribution in [3.63, 3.8) is 0 Å². The van der Waals surface area contributed by atoms with Crippen molar-refractivity contribution in [3.8, 4) is 0 Å². The van der Waals surface area contributed by atoms with Crippen molar-refractivity contribution in [2.75, 3.05) is 44.2 Å². The molecule has 0 atom stereocenters. The lowest BCUT2D eigenvalue weighted by Gasteiger charge is -2.46. The quantitative estimate of drug-likeness (QED) is 0.842. The van der Waals surface area contributed by atoms with Crippen LogP contribution in [0.5, 0.6) is 0 Å². The first-order chi connectivity index (χ1) is 9.79. The SMILES string of the molecule is Cc1ccn2nc(N3CC(N4CCNCC4)C3)nc2c1. The van der Waals surface area contributed by atoms with Crippen molar-refractivity contribution in [2.45, 2.75) is 13.0 Å². The molecule has 0 amide bonds. The van der Waals surface area contributed by atoms with Crippen LogP contribution in [0.4, 0.5) is 5.95 Å². The molecule has 0 radical (unpaired) electrons. The van der Waals surface area contributed by atoms with Crippen molar-refractivity contribution in [2.24, 2.45) is 0 Å². The normalized spacial score (nSPS) is 21.4. The second kappa shape index (κ2) is 4.71. The molecule has 1 N–H and O–H groups in total. The number of rotatable bonds is 2. The van der Waals surface area contributed by atoms with Gasteiger partial charge in [0.05, 0.1) is 0 Å². The summed E-state index contributed by atoms with van der Waals surface area (Å²) in [5.74, 6) is 0.863. The summed E-state index contributed by atoms with van der Waals surface area (Å²) in [6.07, 6.45) is 1.98. The Balaban J connectivity index is 1.46. The lowest BCUT2D eigenvalue weighted by atomic mass is 10.1. The molecule has 2 saturated heterocycles. The maximum atomic E-state index is 4.62. The molecule has 2 aliphatic heterocycles. The van der Waals surface area contributed by atoms with E-state index in [1.807, 2.05) is 10.7 Å². The molecule has 4 heterocycles. The van der Waals surface area contributed by atoms with Crippen LogP contribution in [-0.4, -0.2) is 64.8 Å². The number of aryl methyl sites for hydroxylation is 1. The first-order valence-electron chi connectivity index (χ1n) is 7.32. The molecule has 0 unspecified atom stereocenters. The Bertz CT molecular complexity index is 609. The van der Waals surface area contributed by atoms with Crippen LogP contribution in [0.2, 0.25) is 0 Å². The monoisotopic (exact) mass is 272 g/mol. The summed E-state index contributed by atoms with van der Waals surface area (Å²) < 4.78 is 1.86. The van der Waals surface area contributed by atoms with Gasteiger partial charge in [-0.15, -0.1) is 5.10 Å². The summed E-state index contributed by atoms with van der Waals surface area (Å²) in [6.45, 7) is 8.74. The van der Waals surface area contributed by atoms with E-state index in [1.165, 1.54) is 5.56 Å². The number of anilines is 1. The van der Waals surface area contributed by atoms with Gasteiger partial charge in [-0.3, -0.25) is 4.90 Å². The Hall–Kier alpha value is -1.66. The second-order valence-electron chi connectivity index (χ2n) is 5.76. The van der Waals surface area contributed by atoms with E-state index >= 15 is 0 Å². The molecule has 0 spiro atoms. The second-order valence-corrected chi connectivity index (χ2v) is 5.76. The highest BCUT2D eigenvalue weighted by Crippen LogP contribution is 2.21. The molecular formula is C14H20N6. The zero-order valence-corrected chi connectivity index (χ0v) is 11.8. The van der Waals surface area contributed by atoms with E-state index in [2.05, 4.69) is 44.3 Å². The highest BCUT2D eigenvalue weighted by Gasteiger charge is 2.34. The lowest BCUT2D eigenvalue weighted by molar-refractivity contribution is 0.146. The van der Waals surface area contributed by atoms with Gasteiger partial charge in [0.1, 0.15) is 0 Å². The predicted molar refractivity (Wildman–Crippen MR) is 78.2 cm³/mol. The fourth-order valence-corrected chi connectivity index (χ4v) is 3.00. The summed E-state index contributed by atoms with van der Waals surface area (Å²) in [5.41, 5.74) is 2.16. The average molecular weight is 272 g/mol. The number of pyridine rings is 1. The molecule has 2 aliphatic rings. The highest BCUT2D eigenvalue weighted by atomic mass is 15.4. The molecule has 0 aromatic carbocycles. The fourth-order valence-electron chi connectivity index (χ4n) is 3.00. The van der Waals surface area contributed by atoms with Crippen LogP contribution in [-0.2, 0) is 0 Å². The number of piperazine rings is 1. The lowest BCUT2D eigenvalue weighted by Crippen LogP contribution is -2.63. The smallest absolute Gasteiger partial charge is 0.245 e. The van der Waals surface area contributed by atoms with Crippen LogP contribution in [0.3, 0.4) is 0 Å². The Kier molecular flexibility index (Phi) is 2.85. The van der Waals surface area contributed by atoms with Crippen molar-refractivity contribution in [3.05, 3.63) is 23.9 Å². The van der Waals surface area contributed by atoms with E-state index in [9.17, 15) is 0 Å². The first kappa shape index (κ1) is 12.1. The number of hydrogen-bond donors (Lipinski definition) is 1. The van der Waals surface area contributed by atoms with Gasteiger partial charge in [0.25, 0.3) is 0 Å². The van der Waals surface area contributed by atoms with Gasteiger partial charge in [-0.2, -0.15) is 4.98 Å². The molecule has 0 bridgehead atoms. The molecular weight excluding hydrogens is 252 g/mol. The van der Waals surface area contributed by atoms with Crippen molar-refractivity contribution in [1.82, 2.24) is 24.8 Å². The maximum Gasteiger partial charge on any atom is 0.245 e. The third-order valence-electron chi connectivity index (χ3n) is 4.29. The Morgan fingerprint density at radius 2 is 2.05 bits per heavy atom. The number of fused-ring (bicyclic) bond motifs is 1. The molecule has 2 aromatic heterocycles. The van der Waals surface area contributed by atoms with Crippen LogP contribution in [0.15, 0.2) is 18.3 Å². The van der Waals surface area contributed by atoms with Crippen LogP contribution in [0, 0.1) is 6.92 Å². The first-order valence-corrected chi connectivity index (χ1v) is 7.32. The van der Waals surface area contributed by atoms with Gasteiger partial charge >= 0.3 is 0 Å². The Labute approximate surface area is 118 Å². The number of hydrogen-bond acceptors (Lipinski definition) is 5.